The van der Waals surface area contributed by atoms with E-state index < -0.39 is 0 Å². The Morgan fingerprint density at radius 2 is 1.88 bits per heavy atom. The Balaban J connectivity index is 1.28. The molecule has 2 N–H and O–H groups in total. The molecule has 0 bridgehead atoms. The van der Waals surface area contributed by atoms with E-state index in [0.29, 0.717) is 43.8 Å². The molecule has 7 heteroatoms. The number of methoxy groups -OCH3 is 1. The number of phenolic OH excluding ortho intramolecular Hbond substituents is 1. The largest absolute Gasteiger partial charge is 0.508 e. The number of nitrogens with one attached hydrogen (secondary N) is 1. The third-order valence-corrected chi connectivity index (χ3v) is 7.62. The van der Waals surface area contributed by atoms with Gasteiger partial charge in [0.1, 0.15) is 18.1 Å². The maximum Gasteiger partial charge on any atom is 0.165 e. The maximum absolute atomic E-state index is 14.7. The second-order valence-corrected chi connectivity index (χ2v) is 10.5. The monoisotopic (exact) mass is 550 g/mol. The molecule has 0 saturated carbocycles. The van der Waals surface area contributed by atoms with Crippen molar-refractivity contribution in [3.05, 3.63) is 82.7 Å². The first-order chi connectivity index (χ1) is 19.5. The Kier molecular flexibility index (Phi) is 11.1. The number of aromatic hydroxyl groups is 1. The van der Waals surface area contributed by atoms with Gasteiger partial charge in [0.05, 0.1) is 13.7 Å². The van der Waals surface area contributed by atoms with Crippen LogP contribution in [0, 0.1) is 5.82 Å². The molecule has 3 aromatic carbocycles. The Morgan fingerprint density at radius 1 is 1.02 bits per heavy atom. The zero-order chi connectivity index (χ0) is 28.3. The van der Waals surface area contributed by atoms with Crippen molar-refractivity contribution in [1.29, 1.82) is 0 Å². The van der Waals surface area contributed by atoms with Crippen LogP contribution in [0.25, 0.3) is 0 Å². The zero-order valence-electron chi connectivity index (χ0n) is 24.0. The molecular weight excluding hydrogens is 507 g/mol. The van der Waals surface area contributed by atoms with Crippen molar-refractivity contribution in [2.75, 3.05) is 58.9 Å². The van der Waals surface area contributed by atoms with Gasteiger partial charge in [-0.05, 0) is 105 Å². The first-order valence-corrected chi connectivity index (χ1v) is 14.4. The highest BCUT2D eigenvalue weighted by Gasteiger charge is 2.23. The number of benzene rings is 3. The Bertz CT molecular complexity index is 1240. The summed E-state index contributed by atoms with van der Waals surface area (Å²) in [6, 6.07) is 17.3. The molecule has 1 unspecified atom stereocenters. The quantitative estimate of drug-likeness (QED) is 0.220. The number of fused-ring (bicyclic) bond motifs is 1. The van der Waals surface area contributed by atoms with Gasteiger partial charge in [-0.3, -0.25) is 0 Å². The van der Waals surface area contributed by atoms with Crippen molar-refractivity contribution in [3.63, 3.8) is 0 Å². The van der Waals surface area contributed by atoms with Crippen LogP contribution in [0.1, 0.15) is 47.9 Å². The van der Waals surface area contributed by atoms with Crippen LogP contribution in [0.5, 0.6) is 17.2 Å². The predicted octanol–water partition coefficient (Wildman–Crippen LogP) is 6.20. The van der Waals surface area contributed by atoms with Crippen LogP contribution in [-0.2, 0) is 24.0 Å². The molecule has 4 rings (SSSR count). The number of hydrogen-bond donors (Lipinski definition) is 2. The van der Waals surface area contributed by atoms with Crippen LogP contribution in [0.2, 0.25) is 0 Å². The van der Waals surface area contributed by atoms with Gasteiger partial charge in [-0.25, -0.2) is 4.39 Å². The summed E-state index contributed by atoms with van der Waals surface area (Å²) in [5.74, 6) is 1.54. The van der Waals surface area contributed by atoms with Gasteiger partial charge in [0.15, 0.2) is 11.6 Å². The summed E-state index contributed by atoms with van der Waals surface area (Å²) in [5.41, 5.74) is 5.88. The van der Waals surface area contributed by atoms with Crippen molar-refractivity contribution < 1.29 is 23.7 Å². The molecule has 6 nitrogen and oxygen atoms in total. The highest BCUT2D eigenvalue weighted by Crippen LogP contribution is 2.38. The number of ether oxygens (including phenoxy) is 3. The Hall–Kier alpha value is -3.29. The van der Waals surface area contributed by atoms with E-state index in [4.69, 9.17) is 14.2 Å². The van der Waals surface area contributed by atoms with Crippen LogP contribution in [0.3, 0.4) is 0 Å². The molecule has 0 aliphatic heterocycles. The van der Waals surface area contributed by atoms with Gasteiger partial charge in [-0.15, -0.1) is 0 Å². The highest BCUT2D eigenvalue weighted by molar-refractivity contribution is 5.57. The average Bonchev–Trinajstić information content (AvgIpc) is 2.96. The fourth-order valence-electron chi connectivity index (χ4n) is 5.30. The lowest BCUT2D eigenvalue weighted by Gasteiger charge is -2.27. The summed E-state index contributed by atoms with van der Waals surface area (Å²) in [4.78, 5) is 2.11. The van der Waals surface area contributed by atoms with Crippen LogP contribution >= 0.6 is 0 Å². The number of aryl methyl sites for hydroxylation is 2. The van der Waals surface area contributed by atoms with Crippen molar-refractivity contribution in [2.45, 2.75) is 44.9 Å². The van der Waals surface area contributed by atoms with E-state index in [9.17, 15) is 9.50 Å². The number of likely N-dealkylation sites (N-methyl/N-ethyl adjacent to an activating group) is 1. The lowest BCUT2D eigenvalue weighted by atomic mass is 9.79. The molecule has 40 heavy (non-hydrogen) atoms. The zero-order valence-corrected chi connectivity index (χ0v) is 24.0. The van der Waals surface area contributed by atoms with Crippen LogP contribution in [0.15, 0.2) is 54.6 Å². The van der Waals surface area contributed by atoms with E-state index in [-0.39, 0.29) is 5.82 Å². The molecule has 1 atom stereocenters. The molecule has 0 spiro atoms. The first-order valence-electron chi connectivity index (χ1n) is 14.4. The summed E-state index contributed by atoms with van der Waals surface area (Å²) in [7, 11) is 3.69. The van der Waals surface area contributed by atoms with Gasteiger partial charge in [-0.1, -0.05) is 18.2 Å². The number of anilines is 1. The van der Waals surface area contributed by atoms with E-state index in [1.54, 1.807) is 25.3 Å². The highest BCUT2D eigenvalue weighted by atomic mass is 19.1. The molecule has 1 aliphatic carbocycles. The molecule has 0 radical (unpaired) electrons. The number of halogens is 1. The SMILES string of the molecule is CCOCCN(C)CCOc1ccc(CCCNc2cc(OC)ccc2C2CCc3cc(O)ccc3C2)cc1F. The summed E-state index contributed by atoms with van der Waals surface area (Å²) in [5, 5.41) is 13.5. The van der Waals surface area contributed by atoms with Crippen molar-refractivity contribution in [2.24, 2.45) is 0 Å². The van der Waals surface area contributed by atoms with Gasteiger partial charge in [0.25, 0.3) is 0 Å². The number of phenols is 1. The van der Waals surface area contributed by atoms with Gasteiger partial charge in [0.2, 0.25) is 0 Å². The topological polar surface area (TPSA) is 63.2 Å². The fraction of sp³-hybridized carbons (Fsp3) is 0.455. The standard InChI is InChI=1S/C33H43FN2O4/c1-4-39-18-16-36(2)17-19-40-33-14-7-24(20-31(33)34)6-5-15-35-32-23-29(38-3)12-13-30(32)27-9-8-26-22-28(37)11-10-25(26)21-27/h7,10-14,20,22-23,27,35,37H,4-6,8-9,15-19,21H2,1-3H3. The molecule has 216 valence electrons. The van der Waals surface area contributed by atoms with Crippen molar-refractivity contribution in [1.82, 2.24) is 4.90 Å². The maximum atomic E-state index is 14.7. The van der Waals surface area contributed by atoms with Crippen molar-refractivity contribution in [3.8, 4) is 17.2 Å². The first kappa shape index (κ1) is 29.7. The summed E-state index contributed by atoms with van der Waals surface area (Å²) in [6.45, 7) is 6.11. The number of nitrogens with zero attached hydrogens (tertiary/aromatic N) is 1. The third-order valence-electron chi connectivity index (χ3n) is 7.62. The molecule has 0 saturated heterocycles. The number of hydrogen-bond acceptors (Lipinski definition) is 6. The summed E-state index contributed by atoms with van der Waals surface area (Å²) < 4.78 is 31.2. The minimum absolute atomic E-state index is 0.297. The van der Waals surface area contributed by atoms with E-state index in [1.165, 1.54) is 16.7 Å². The Morgan fingerprint density at radius 3 is 2.67 bits per heavy atom. The van der Waals surface area contributed by atoms with Gasteiger partial charge >= 0.3 is 0 Å². The van der Waals surface area contributed by atoms with Crippen LogP contribution in [-0.4, -0.2) is 63.6 Å². The fourth-order valence-corrected chi connectivity index (χ4v) is 5.30. The normalized spacial score (nSPS) is 14.7. The summed E-state index contributed by atoms with van der Waals surface area (Å²) in [6.07, 6.45) is 4.58. The minimum atomic E-state index is -0.316. The van der Waals surface area contributed by atoms with E-state index in [2.05, 4.69) is 22.3 Å². The Labute approximate surface area is 238 Å². The van der Waals surface area contributed by atoms with E-state index in [1.807, 2.05) is 38.2 Å². The smallest absolute Gasteiger partial charge is 0.165 e. The summed E-state index contributed by atoms with van der Waals surface area (Å²) >= 11 is 0. The molecule has 0 aromatic heterocycles. The molecular formula is C33H43FN2O4. The van der Waals surface area contributed by atoms with Crippen LogP contribution < -0.4 is 14.8 Å². The third kappa shape index (κ3) is 8.35. The average molecular weight is 551 g/mol. The van der Waals surface area contributed by atoms with Gasteiger partial charge < -0.3 is 29.5 Å². The van der Waals surface area contributed by atoms with Gasteiger partial charge in [0, 0.05) is 38.0 Å². The van der Waals surface area contributed by atoms with Gasteiger partial charge in [-0.2, -0.15) is 0 Å². The second kappa shape index (κ2) is 14.9. The molecule has 3 aromatic rings. The van der Waals surface area contributed by atoms with E-state index in [0.717, 1.165) is 62.2 Å². The predicted molar refractivity (Wildman–Crippen MR) is 159 cm³/mol. The van der Waals surface area contributed by atoms with E-state index >= 15 is 0 Å². The molecule has 0 amide bonds. The molecule has 1 aliphatic rings. The van der Waals surface area contributed by atoms with Crippen LogP contribution in [0.4, 0.5) is 10.1 Å². The number of rotatable bonds is 15. The lowest BCUT2D eigenvalue weighted by Crippen LogP contribution is -2.28. The van der Waals surface area contributed by atoms with Crippen molar-refractivity contribution >= 4 is 5.69 Å². The lowest BCUT2D eigenvalue weighted by molar-refractivity contribution is 0.116. The molecule has 0 heterocycles. The minimum Gasteiger partial charge on any atom is -0.508 e. The molecule has 0 fully saturated rings. The second-order valence-electron chi connectivity index (χ2n) is 10.5.